The van der Waals surface area contributed by atoms with E-state index in [1.165, 1.54) is 6.42 Å². The fraction of sp³-hybridized carbons (Fsp3) is 0.312. The summed E-state index contributed by atoms with van der Waals surface area (Å²) in [6, 6.07) is 9.74. The largest absolute Gasteiger partial charge is 0.408 e. The van der Waals surface area contributed by atoms with Gasteiger partial charge in [0.25, 0.3) is 0 Å². The highest BCUT2D eigenvalue weighted by molar-refractivity contribution is 6.33. The minimum Gasteiger partial charge on any atom is -0.408 e. The van der Waals surface area contributed by atoms with Crippen LogP contribution in [0.2, 0.25) is 5.02 Å². The number of benzene rings is 1. The van der Waals surface area contributed by atoms with Gasteiger partial charge in [-0.15, -0.1) is 5.10 Å². The molecule has 7 heteroatoms. The lowest BCUT2D eigenvalue weighted by Crippen LogP contribution is -2.08. The van der Waals surface area contributed by atoms with Crippen LogP contribution in [0.1, 0.15) is 36.8 Å². The highest BCUT2D eigenvalue weighted by Crippen LogP contribution is 2.35. The van der Waals surface area contributed by atoms with Gasteiger partial charge in [-0.25, -0.2) is 0 Å². The molecule has 0 radical (unpaired) electrons. The van der Waals surface area contributed by atoms with Crippen LogP contribution >= 0.6 is 11.6 Å². The Morgan fingerprint density at radius 1 is 1.22 bits per heavy atom. The van der Waals surface area contributed by atoms with Crippen molar-refractivity contribution >= 4 is 17.6 Å². The zero-order valence-electron chi connectivity index (χ0n) is 12.3. The molecule has 1 aromatic carbocycles. The number of nitrogens with zero attached hydrogens (tertiary/aromatic N) is 3. The van der Waals surface area contributed by atoms with E-state index in [4.69, 9.17) is 20.5 Å². The van der Waals surface area contributed by atoms with Gasteiger partial charge in [0, 0.05) is 17.5 Å². The van der Waals surface area contributed by atoms with E-state index in [-0.39, 0.29) is 0 Å². The Balaban J connectivity index is 1.42. The fourth-order valence-electron chi connectivity index (χ4n) is 2.48. The van der Waals surface area contributed by atoms with Gasteiger partial charge in [-0.1, -0.05) is 40.4 Å². The van der Waals surface area contributed by atoms with Gasteiger partial charge in [-0.05, 0) is 25.0 Å². The average Bonchev–Trinajstić information content (AvgIpc) is 3.13. The number of hydrogen-bond acceptors (Lipinski definition) is 6. The predicted molar refractivity (Wildman–Crippen MR) is 85.2 cm³/mol. The molecule has 2 aromatic heterocycles. The second-order valence-corrected chi connectivity index (χ2v) is 6.00. The van der Waals surface area contributed by atoms with Gasteiger partial charge in [0.1, 0.15) is 5.69 Å². The third-order valence-corrected chi connectivity index (χ3v) is 4.34. The molecule has 0 atom stereocenters. The van der Waals surface area contributed by atoms with Crippen molar-refractivity contribution in [2.24, 2.45) is 0 Å². The Bertz CT molecular complexity index is 810. The van der Waals surface area contributed by atoms with Crippen molar-refractivity contribution in [3.63, 3.8) is 0 Å². The molecular weight excluding hydrogens is 316 g/mol. The maximum atomic E-state index is 6.16. The van der Waals surface area contributed by atoms with E-state index < -0.39 is 0 Å². The van der Waals surface area contributed by atoms with Crippen LogP contribution in [0, 0.1) is 0 Å². The second-order valence-electron chi connectivity index (χ2n) is 5.59. The average molecular weight is 331 g/mol. The van der Waals surface area contributed by atoms with E-state index in [0.29, 0.717) is 29.3 Å². The molecule has 0 saturated heterocycles. The highest BCUT2D eigenvalue weighted by atomic mass is 35.5. The van der Waals surface area contributed by atoms with Crippen LogP contribution in [0.4, 0.5) is 6.01 Å². The number of rotatable bonds is 5. The first-order valence-electron chi connectivity index (χ1n) is 7.57. The van der Waals surface area contributed by atoms with E-state index in [0.717, 1.165) is 30.0 Å². The van der Waals surface area contributed by atoms with Crippen molar-refractivity contribution in [3.05, 3.63) is 46.9 Å². The van der Waals surface area contributed by atoms with Crippen molar-refractivity contribution in [2.45, 2.75) is 31.7 Å². The van der Waals surface area contributed by atoms with E-state index in [9.17, 15) is 0 Å². The highest BCUT2D eigenvalue weighted by Gasteiger charge is 2.25. The lowest BCUT2D eigenvalue weighted by molar-refractivity contribution is 0.338. The summed E-state index contributed by atoms with van der Waals surface area (Å²) in [6.45, 7) is 0.445. The van der Waals surface area contributed by atoms with E-state index >= 15 is 0 Å². The molecule has 0 spiro atoms. The van der Waals surface area contributed by atoms with Gasteiger partial charge >= 0.3 is 6.01 Å². The molecule has 4 rings (SSSR count). The number of halogens is 1. The fourth-order valence-corrected chi connectivity index (χ4v) is 2.70. The maximum absolute atomic E-state index is 6.16. The standard InChI is InChI=1S/C16H15ClN4O2/c17-13-7-2-1-6-12(13)14-8-11(21-23-14)9-18-16-20-19-15(22-16)10-4-3-5-10/h1-2,6-8,10H,3-5,9H2,(H,18,20). The lowest BCUT2D eigenvalue weighted by atomic mass is 9.85. The van der Waals surface area contributed by atoms with E-state index in [1.54, 1.807) is 0 Å². The molecule has 118 valence electrons. The van der Waals surface area contributed by atoms with Crippen LogP contribution in [0.5, 0.6) is 0 Å². The second kappa shape index (κ2) is 6.04. The third-order valence-electron chi connectivity index (χ3n) is 4.01. The monoisotopic (exact) mass is 330 g/mol. The van der Waals surface area contributed by atoms with Crippen molar-refractivity contribution in [3.8, 4) is 11.3 Å². The Morgan fingerprint density at radius 3 is 2.87 bits per heavy atom. The Hall–Kier alpha value is -2.34. The molecule has 2 heterocycles. The van der Waals surface area contributed by atoms with Gasteiger partial charge in [-0.3, -0.25) is 0 Å². The normalized spacial score (nSPS) is 14.7. The summed E-state index contributed by atoms with van der Waals surface area (Å²) in [4.78, 5) is 0. The summed E-state index contributed by atoms with van der Waals surface area (Å²) in [5, 5.41) is 15.8. The summed E-state index contributed by atoms with van der Waals surface area (Å²) < 4.78 is 11.0. The first-order valence-corrected chi connectivity index (χ1v) is 7.95. The van der Waals surface area contributed by atoms with Crippen LogP contribution in [-0.4, -0.2) is 15.4 Å². The molecule has 1 saturated carbocycles. The van der Waals surface area contributed by atoms with Crippen LogP contribution < -0.4 is 5.32 Å². The van der Waals surface area contributed by atoms with Gasteiger partial charge in [0.05, 0.1) is 11.6 Å². The summed E-state index contributed by atoms with van der Waals surface area (Å²) in [5.41, 5.74) is 1.56. The zero-order valence-corrected chi connectivity index (χ0v) is 13.1. The molecule has 0 bridgehead atoms. The Kier molecular flexibility index (Phi) is 3.75. The Morgan fingerprint density at radius 2 is 2.09 bits per heavy atom. The zero-order chi connectivity index (χ0) is 15.6. The quantitative estimate of drug-likeness (QED) is 0.753. The lowest BCUT2D eigenvalue weighted by Gasteiger charge is -2.20. The predicted octanol–water partition coefficient (Wildman–Crippen LogP) is 4.26. The Labute approximate surface area is 137 Å². The number of hydrogen-bond donors (Lipinski definition) is 1. The summed E-state index contributed by atoms with van der Waals surface area (Å²) in [5.74, 6) is 1.78. The molecule has 1 aliphatic carbocycles. The molecule has 23 heavy (non-hydrogen) atoms. The van der Waals surface area contributed by atoms with Crippen molar-refractivity contribution < 1.29 is 8.94 Å². The van der Waals surface area contributed by atoms with Gasteiger partial charge in [0.2, 0.25) is 5.89 Å². The number of nitrogens with one attached hydrogen (secondary N) is 1. The van der Waals surface area contributed by atoms with Crippen molar-refractivity contribution in [2.75, 3.05) is 5.32 Å². The van der Waals surface area contributed by atoms with E-state index in [1.807, 2.05) is 30.3 Å². The molecule has 0 unspecified atom stereocenters. The number of aromatic nitrogens is 3. The first kappa shape index (κ1) is 14.3. The minimum absolute atomic E-state index is 0.411. The summed E-state index contributed by atoms with van der Waals surface area (Å²) >= 11 is 6.16. The topological polar surface area (TPSA) is 77.0 Å². The summed E-state index contributed by atoms with van der Waals surface area (Å²) in [7, 11) is 0. The van der Waals surface area contributed by atoms with Gasteiger partial charge in [0.15, 0.2) is 5.76 Å². The van der Waals surface area contributed by atoms with Crippen LogP contribution in [0.3, 0.4) is 0 Å². The molecule has 6 nitrogen and oxygen atoms in total. The van der Waals surface area contributed by atoms with Gasteiger partial charge < -0.3 is 14.3 Å². The molecule has 0 aliphatic heterocycles. The molecular formula is C16H15ClN4O2. The molecule has 3 aromatic rings. The van der Waals surface area contributed by atoms with E-state index in [2.05, 4.69) is 20.7 Å². The first-order chi connectivity index (χ1) is 11.3. The molecule has 1 N–H and O–H groups in total. The SMILES string of the molecule is Clc1ccccc1-c1cc(CNc2nnc(C3CCC3)o2)no1. The van der Waals surface area contributed by atoms with Crippen LogP contribution in [0.15, 0.2) is 39.3 Å². The smallest absolute Gasteiger partial charge is 0.315 e. The van der Waals surface area contributed by atoms with Crippen molar-refractivity contribution in [1.82, 2.24) is 15.4 Å². The number of anilines is 1. The van der Waals surface area contributed by atoms with Gasteiger partial charge in [-0.2, -0.15) is 0 Å². The maximum Gasteiger partial charge on any atom is 0.315 e. The summed E-state index contributed by atoms with van der Waals surface area (Å²) in [6.07, 6.45) is 3.50. The van der Waals surface area contributed by atoms with Crippen molar-refractivity contribution in [1.29, 1.82) is 0 Å². The minimum atomic E-state index is 0.411. The molecule has 1 fully saturated rings. The van der Waals surface area contributed by atoms with Crippen LogP contribution in [-0.2, 0) is 6.54 Å². The van der Waals surface area contributed by atoms with Crippen LogP contribution in [0.25, 0.3) is 11.3 Å². The molecule has 1 aliphatic rings. The third kappa shape index (κ3) is 2.94. The molecule has 0 amide bonds.